The fourth-order valence-corrected chi connectivity index (χ4v) is 2.88. The summed E-state index contributed by atoms with van der Waals surface area (Å²) in [7, 11) is 0. The molecule has 23 heavy (non-hydrogen) atoms. The lowest BCUT2D eigenvalue weighted by Crippen LogP contribution is -2.45. The van der Waals surface area contributed by atoms with Crippen molar-refractivity contribution in [3.8, 4) is 0 Å². The lowest BCUT2D eigenvalue weighted by Gasteiger charge is -2.31. The Morgan fingerprint density at radius 2 is 1.87 bits per heavy atom. The molecule has 0 spiro atoms. The van der Waals surface area contributed by atoms with Crippen LogP contribution >= 0.6 is 12.4 Å². The summed E-state index contributed by atoms with van der Waals surface area (Å²) < 4.78 is 0. The molecular weight excluding hydrogens is 310 g/mol. The summed E-state index contributed by atoms with van der Waals surface area (Å²) >= 11 is 0. The quantitative estimate of drug-likeness (QED) is 0.866. The van der Waals surface area contributed by atoms with E-state index in [1.807, 2.05) is 4.90 Å². The SMILES string of the molecule is CCCN(Cc1ccc(C)cc1)C(=O)CN1CCC(N)CC1.Cl. The highest BCUT2D eigenvalue weighted by Gasteiger charge is 2.21. The van der Waals surface area contributed by atoms with Crippen molar-refractivity contribution in [1.82, 2.24) is 9.80 Å². The highest BCUT2D eigenvalue weighted by molar-refractivity contribution is 5.85. The Morgan fingerprint density at radius 1 is 1.26 bits per heavy atom. The molecule has 1 heterocycles. The molecule has 130 valence electrons. The van der Waals surface area contributed by atoms with Crippen LogP contribution in [-0.4, -0.2) is 47.9 Å². The molecule has 1 amide bonds. The van der Waals surface area contributed by atoms with Crippen molar-refractivity contribution in [2.75, 3.05) is 26.2 Å². The number of amides is 1. The normalized spacial score (nSPS) is 16.0. The predicted octanol–water partition coefficient (Wildman–Crippen LogP) is 2.58. The Labute approximate surface area is 146 Å². The zero-order valence-electron chi connectivity index (χ0n) is 14.3. The highest BCUT2D eigenvalue weighted by atomic mass is 35.5. The minimum absolute atomic E-state index is 0. The summed E-state index contributed by atoms with van der Waals surface area (Å²) in [5, 5.41) is 0. The van der Waals surface area contributed by atoms with Crippen LogP contribution < -0.4 is 5.73 Å². The summed E-state index contributed by atoms with van der Waals surface area (Å²) in [6, 6.07) is 8.76. The first-order valence-electron chi connectivity index (χ1n) is 8.39. The Morgan fingerprint density at radius 3 is 2.43 bits per heavy atom. The van der Waals surface area contributed by atoms with Gasteiger partial charge in [-0.25, -0.2) is 0 Å². The van der Waals surface area contributed by atoms with Gasteiger partial charge < -0.3 is 10.6 Å². The van der Waals surface area contributed by atoms with Gasteiger partial charge in [0, 0.05) is 32.2 Å². The van der Waals surface area contributed by atoms with E-state index in [0.717, 1.165) is 38.9 Å². The lowest BCUT2D eigenvalue weighted by molar-refractivity contribution is -0.133. The van der Waals surface area contributed by atoms with E-state index >= 15 is 0 Å². The summed E-state index contributed by atoms with van der Waals surface area (Å²) in [6.45, 7) is 8.14. The van der Waals surface area contributed by atoms with E-state index in [9.17, 15) is 4.79 Å². The average Bonchev–Trinajstić information content (AvgIpc) is 2.51. The molecule has 1 aromatic carbocycles. The van der Waals surface area contributed by atoms with Crippen molar-refractivity contribution in [1.29, 1.82) is 0 Å². The van der Waals surface area contributed by atoms with Gasteiger partial charge in [-0.05, 0) is 31.7 Å². The molecule has 0 atom stereocenters. The standard InChI is InChI=1S/C18H29N3O.ClH/c1-3-10-21(13-16-6-4-15(2)5-7-16)18(22)14-20-11-8-17(19)9-12-20;/h4-7,17H,3,8-14,19H2,1-2H3;1H. The molecule has 0 unspecified atom stereocenters. The first-order chi connectivity index (χ1) is 10.6. The maximum absolute atomic E-state index is 12.6. The van der Waals surface area contributed by atoms with E-state index in [-0.39, 0.29) is 18.3 Å². The number of hydrogen-bond acceptors (Lipinski definition) is 3. The van der Waals surface area contributed by atoms with Gasteiger partial charge in [0.1, 0.15) is 0 Å². The van der Waals surface area contributed by atoms with Crippen LogP contribution in [0, 0.1) is 6.92 Å². The van der Waals surface area contributed by atoms with E-state index < -0.39 is 0 Å². The summed E-state index contributed by atoms with van der Waals surface area (Å²) in [5.41, 5.74) is 8.38. The van der Waals surface area contributed by atoms with Gasteiger partial charge in [0.05, 0.1) is 6.54 Å². The molecule has 4 nitrogen and oxygen atoms in total. The third-order valence-electron chi connectivity index (χ3n) is 4.33. The zero-order valence-corrected chi connectivity index (χ0v) is 15.1. The molecule has 1 aromatic rings. The van der Waals surface area contributed by atoms with Crippen LogP contribution in [0.15, 0.2) is 24.3 Å². The molecule has 0 radical (unpaired) electrons. The molecule has 5 heteroatoms. The third kappa shape index (κ3) is 6.50. The minimum atomic E-state index is 0. The number of piperidine rings is 1. The second-order valence-corrected chi connectivity index (χ2v) is 6.41. The summed E-state index contributed by atoms with van der Waals surface area (Å²) in [4.78, 5) is 16.8. The molecule has 1 aliphatic heterocycles. The van der Waals surface area contributed by atoms with Gasteiger partial charge in [0.25, 0.3) is 0 Å². The maximum atomic E-state index is 12.6. The van der Waals surface area contributed by atoms with Crippen LogP contribution in [-0.2, 0) is 11.3 Å². The second kappa shape index (κ2) is 9.91. The summed E-state index contributed by atoms with van der Waals surface area (Å²) in [5.74, 6) is 0.234. The first-order valence-corrected chi connectivity index (χ1v) is 8.39. The number of likely N-dealkylation sites (tertiary alicyclic amines) is 1. The fourth-order valence-electron chi connectivity index (χ4n) is 2.88. The molecule has 1 aliphatic rings. The molecule has 0 aliphatic carbocycles. The summed E-state index contributed by atoms with van der Waals surface area (Å²) in [6.07, 6.45) is 2.99. The maximum Gasteiger partial charge on any atom is 0.237 e. The number of nitrogens with zero attached hydrogens (tertiary/aromatic N) is 2. The topological polar surface area (TPSA) is 49.6 Å². The molecule has 1 fully saturated rings. The Hall–Kier alpha value is -1.10. The van der Waals surface area contributed by atoms with Crippen LogP contribution in [0.3, 0.4) is 0 Å². The van der Waals surface area contributed by atoms with Gasteiger partial charge in [-0.3, -0.25) is 9.69 Å². The second-order valence-electron chi connectivity index (χ2n) is 6.41. The van der Waals surface area contributed by atoms with E-state index in [2.05, 4.69) is 43.0 Å². The van der Waals surface area contributed by atoms with Gasteiger partial charge in [-0.15, -0.1) is 12.4 Å². The number of hydrogen-bond donors (Lipinski definition) is 1. The van der Waals surface area contributed by atoms with Gasteiger partial charge in [-0.1, -0.05) is 36.8 Å². The fraction of sp³-hybridized carbons (Fsp3) is 0.611. The van der Waals surface area contributed by atoms with Crippen molar-refractivity contribution in [2.45, 2.75) is 45.7 Å². The number of carbonyl (C=O) groups is 1. The number of carbonyl (C=O) groups excluding carboxylic acids is 1. The number of halogens is 1. The average molecular weight is 340 g/mol. The number of benzene rings is 1. The van der Waals surface area contributed by atoms with Gasteiger partial charge in [-0.2, -0.15) is 0 Å². The molecule has 0 bridgehead atoms. The Bertz CT molecular complexity index is 470. The van der Waals surface area contributed by atoms with Gasteiger partial charge in [0.15, 0.2) is 0 Å². The highest BCUT2D eigenvalue weighted by Crippen LogP contribution is 2.11. The monoisotopic (exact) mass is 339 g/mol. The third-order valence-corrected chi connectivity index (χ3v) is 4.33. The first kappa shape index (κ1) is 19.9. The largest absolute Gasteiger partial charge is 0.337 e. The van der Waals surface area contributed by atoms with Crippen molar-refractivity contribution in [2.24, 2.45) is 5.73 Å². The predicted molar refractivity (Wildman–Crippen MR) is 97.8 cm³/mol. The number of aryl methyl sites for hydroxylation is 1. The van der Waals surface area contributed by atoms with Crippen LogP contribution in [0.5, 0.6) is 0 Å². The molecule has 2 N–H and O–H groups in total. The molecule has 1 saturated heterocycles. The Kier molecular flexibility index (Phi) is 8.59. The van der Waals surface area contributed by atoms with E-state index in [1.54, 1.807) is 0 Å². The van der Waals surface area contributed by atoms with Crippen LogP contribution in [0.1, 0.15) is 37.3 Å². The van der Waals surface area contributed by atoms with E-state index in [4.69, 9.17) is 5.73 Å². The molecule has 0 aromatic heterocycles. The molecule has 2 rings (SSSR count). The lowest BCUT2D eigenvalue weighted by atomic mass is 10.1. The molecular formula is C18H30ClN3O. The van der Waals surface area contributed by atoms with Crippen LogP contribution in [0.2, 0.25) is 0 Å². The number of nitrogens with two attached hydrogens (primary N) is 1. The van der Waals surface area contributed by atoms with Gasteiger partial charge in [0.2, 0.25) is 5.91 Å². The van der Waals surface area contributed by atoms with E-state index in [0.29, 0.717) is 19.1 Å². The molecule has 0 saturated carbocycles. The van der Waals surface area contributed by atoms with Crippen LogP contribution in [0.25, 0.3) is 0 Å². The van der Waals surface area contributed by atoms with E-state index in [1.165, 1.54) is 11.1 Å². The van der Waals surface area contributed by atoms with Crippen molar-refractivity contribution in [3.63, 3.8) is 0 Å². The van der Waals surface area contributed by atoms with Gasteiger partial charge >= 0.3 is 0 Å². The van der Waals surface area contributed by atoms with Crippen molar-refractivity contribution < 1.29 is 4.79 Å². The zero-order chi connectivity index (χ0) is 15.9. The number of rotatable bonds is 6. The van der Waals surface area contributed by atoms with Crippen molar-refractivity contribution in [3.05, 3.63) is 35.4 Å². The minimum Gasteiger partial charge on any atom is -0.337 e. The Balaban J connectivity index is 0.00000264. The smallest absolute Gasteiger partial charge is 0.237 e. The van der Waals surface area contributed by atoms with Crippen LogP contribution in [0.4, 0.5) is 0 Å². The van der Waals surface area contributed by atoms with Crippen molar-refractivity contribution >= 4 is 18.3 Å².